The van der Waals surface area contributed by atoms with Crippen LogP contribution in [-0.4, -0.2) is 22.1 Å². The van der Waals surface area contributed by atoms with Crippen LogP contribution >= 0.6 is 0 Å². The molecule has 1 aromatic carbocycles. The molecule has 0 saturated heterocycles. The van der Waals surface area contributed by atoms with Crippen molar-refractivity contribution in [3.8, 4) is 0 Å². The second-order valence-corrected chi connectivity index (χ2v) is 5.85. The summed E-state index contributed by atoms with van der Waals surface area (Å²) in [5, 5.41) is 4.04. The molecule has 1 aliphatic rings. The van der Waals surface area contributed by atoms with Crippen LogP contribution in [0.15, 0.2) is 40.3 Å². The van der Waals surface area contributed by atoms with Gasteiger partial charge in [-0.1, -0.05) is 31.2 Å². The van der Waals surface area contributed by atoms with Crippen molar-refractivity contribution < 1.29 is 9.00 Å². The monoisotopic (exact) mass is 276 g/mol. The van der Waals surface area contributed by atoms with Crippen molar-refractivity contribution in [3.05, 3.63) is 35.9 Å². The Morgan fingerprint density at radius 3 is 2.79 bits per heavy atom. The average Bonchev–Trinajstić information content (AvgIpc) is 2.38. The Bertz CT molecular complexity index is 579. The van der Waals surface area contributed by atoms with Crippen molar-refractivity contribution in [1.29, 1.82) is 0 Å². The van der Waals surface area contributed by atoms with Crippen molar-refractivity contribution in [2.24, 2.45) is 11.0 Å². The van der Waals surface area contributed by atoms with Crippen LogP contribution in [0.2, 0.25) is 0 Å². The predicted molar refractivity (Wildman–Crippen MR) is 77.2 cm³/mol. The molecule has 4 nitrogen and oxygen atoms in total. The molecule has 100 valence electrons. The van der Waals surface area contributed by atoms with Gasteiger partial charge in [-0.25, -0.2) is 5.43 Å². The summed E-state index contributed by atoms with van der Waals surface area (Å²) in [7, 11) is -1.02. The van der Waals surface area contributed by atoms with Gasteiger partial charge in [0.15, 0.2) is 0 Å². The number of carbonyl (C=O) groups is 1. The molecule has 1 heterocycles. The molecule has 19 heavy (non-hydrogen) atoms. The normalized spacial score (nSPS) is 21.1. The molecule has 1 N–H and O–H groups in total. The molecule has 0 bridgehead atoms. The van der Waals surface area contributed by atoms with Gasteiger partial charge in [0.2, 0.25) is 5.91 Å². The number of nitrogens with one attached hydrogen (secondary N) is 1. The first-order valence-corrected chi connectivity index (χ1v) is 7.60. The van der Waals surface area contributed by atoms with E-state index in [1.54, 1.807) is 6.26 Å². The summed E-state index contributed by atoms with van der Waals surface area (Å²) >= 11 is 0. The SMILES string of the molecule is CC1CC(=O)NN=C1C=Cc1ccccc1S(C)=O. The molecule has 5 heteroatoms. The van der Waals surface area contributed by atoms with E-state index in [-0.39, 0.29) is 11.8 Å². The maximum Gasteiger partial charge on any atom is 0.240 e. The Morgan fingerprint density at radius 2 is 2.11 bits per heavy atom. The maximum absolute atomic E-state index is 11.6. The second kappa shape index (κ2) is 5.93. The Kier molecular flexibility index (Phi) is 4.27. The van der Waals surface area contributed by atoms with Gasteiger partial charge in [0.1, 0.15) is 0 Å². The third kappa shape index (κ3) is 3.38. The minimum Gasteiger partial charge on any atom is -0.273 e. The zero-order chi connectivity index (χ0) is 13.8. The zero-order valence-corrected chi connectivity index (χ0v) is 11.7. The number of hydrogen-bond acceptors (Lipinski definition) is 3. The van der Waals surface area contributed by atoms with Gasteiger partial charge >= 0.3 is 0 Å². The lowest BCUT2D eigenvalue weighted by atomic mass is 9.99. The lowest BCUT2D eigenvalue weighted by Gasteiger charge is -2.16. The fourth-order valence-corrected chi connectivity index (χ4v) is 2.66. The predicted octanol–water partition coefficient (Wildman–Crippen LogP) is 1.95. The summed E-state index contributed by atoms with van der Waals surface area (Å²) in [6.45, 7) is 1.96. The van der Waals surface area contributed by atoms with Gasteiger partial charge in [-0.2, -0.15) is 5.10 Å². The van der Waals surface area contributed by atoms with E-state index in [1.165, 1.54) is 0 Å². The van der Waals surface area contributed by atoms with E-state index in [2.05, 4.69) is 10.5 Å². The average molecular weight is 276 g/mol. The van der Waals surface area contributed by atoms with Crippen LogP contribution in [0.25, 0.3) is 6.08 Å². The van der Waals surface area contributed by atoms with E-state index in [0.717, 1.165) is 16.2 Å². The first-order chi connectivity index (χ1) is 9.08. The molecule has 1 aliphatic heterocycles. The Morgan fingerprint density at radius 1 is 1.37 bits per heavy atom. The molecule has 1 aromatic rings. The van der Waals surface area contributed by atoms with E-state index in [9.17, 15) is 9.00 Å². The minimum atomic E-state index is -1.02. The number of hydrogen-bond donors (Lipinski definition) is 1. The van der Waals surface area contributed by atoms with E-state index in [1.807, 2.05) is 43.3 Å². The minimum absolute atomic E-state index is 0.0558. The summed E-state index contributed by atoms with van der Waals surface area (Å²) in [6, 6.07) is 7.54. The molecule has 0 fully saturated rings. The third-order valence-corrected chi connectivity index (χ3v) is 3.96. The number of amides is 1. The van der Waals surface area contributed by atoms with Crippen LogP contribution in [0.3, 0.4) is 0 Å². The van der Waals surface area contributed by atoms with Gasteiger partial charge in [-0.05, 0) is 17.7 Å². The highest BCUT2D eigenvalue weighted by Gasteiger charge is 2.17. The quantitative estimate of drug-likeness (QED) is 0.917. The Balaban J connectivity index is 2.24. The zero-order valence-electron chi connectivity index (χ0n) is 10.9. The van der Waals surface area contributed by atoms with Crippen LogP contribution in [0.5, 0.6) is 0 Å². The number of rotatable bonds is 3. The van der Waals surface area contributed by atoms with Crippen LogP contribution < -0.4 is 5.43 Å². The summed E-state index contributed by atoms with van der Waals surface area (Å²) in [5.74, 6) is 0.0454. The highest BCUT2D eigenvalue weighted by Crippen LogP contribution is 2.16. The fraction of sp³-hybridized carbons (Fsp3) is 0.286. The molecule has 2 rings (SSSR count). The fourth-order valence-electron chi connectivity index (χ4n) is 1.92. The summed E-state index contributed by atoms with van der Waals surface area (Å²) in [6.07, 6.45) is 5.87. The smallest absolute Gasteiger partial charge is 0.240 e. The van der Waals surface area contributed by atoms with Gasteiger partial charge in [-0.15, -0.1) is 0 Å². The van der Waals surface area contributed by atoms with Crippen molar-refractivity contribution in [2.45, 2.75) is 18.2 Å². The number of carbonyl (C=O) groups excluding carboxylic acids is 1. The molecule has 0 spiro atoms. The summed E-state index contributed by atoms with van der Waals surface area (Å²) < 4.78 is 11.6. The van der Waals surface area contributed by atoms with Crippen molar-refractivity contribution in [2.75, 3.05) is 6.26 Å². The molecule has 0 radical (unpaired) electrons. The first-order valence-electron chi connectivity index (χ1n) is 6.05. The van der Waals surface area contributed by atoms with E-state index in [0.29, 0.717) is 6.42 Å². The first kappa shape index (κ1) is 13.7. The molecular weight excluding hydrogens is 260 g/mol. The number of hydrazone groups is 1. The molecule has 2 unspecified atom stereocenters. The van der Waals surface area contributed by atoms with Crippen LogP contribution in [0.1, 0.15) is 18.9 Å². The van der Waals surface area contributed by atoms with Crippen LogP contribution in [0.4, 0.5) is 0 Å². The Hall–Kier alpha value is -1.75. The number of allylic oxidation sites excluding steroid dienone is 1. The van der Waals surface area contributed by atoms with E-state index < -0.39 is 10.8 Å². The highest BCUT2D eigenvalue weighted by molar-refractivity contribution is 7.84. The van der Waals surface area contributed by atoms with E-state index >= 15 is 0 Å². The highest BCUT2D eigenvalue weighted by atomic mass is 32.2. The maximum atomic E-state index is 11.6. The molecule has 0 aliphatic carbocycles. The largest absolute Gasteiger partial charge is 0.273 e. The third-order valence-electron chi connectivity index (χ3n) is 2.97. The molecule has 2 atom stereocenters. The lowest BCUT2D eigenvalue weighted by molar-refractivity contribution is -0.121. The number of benzene rings is 1. The molecule has 0 saturated carbocycles. The van der Waals surface area contributed by atoms with Gasteiger partial charge in [-0.3, -0.25) is 9.00 Å². The van der Waals surface area contributed by atoms with Crippen molar-refractivity contribution in [3.63, 3.8) is 0 Å². The molecular formula is C14H16N2O2S. The summed E-state index contributed by atoms with van der Waals surface area (Å²) in [4.78, 5) is 12.0. The van der Waals surface area contributed by atoms with Gasteiger partial charge in [0.25, 0.3) is 0 Å². The molecule has 0 aromatic heterocycles. The van der Waals surface area contributed by atoms with Crippen molar-refractivity contribution >= 4 is 28.5 Å². The van der Waals surface area contributed by atoms with Gasteiger partial charge in [0.05, 0.1) is 16.5 Å². The standard InChI is InChI=1S/C14H16N2O2S/c1-10-9-14(17)16-15-12(10)8-7-11-5-3-4-6-13(11)19(2)18/h3-8,10H,9H2,1-2H3,(H,16,17). The van der Waals surface area contributed by atoms with Gasteiger partial charge in [0, 0.05) is 23.5 Å². The number of nitrogens with zero attached hydrogens (tertiary/aromatic N) is 1. The second-order valence-electron chi connectivity index (χ2n) is 4.50. The topological polar surface area (TPSA) is 58.5 Å². The Labute approximate surface area is 115 Å². The van der Waals surface area contributed by atoms with Gasteiger partial charge < -0.3 is 0 Å². The van der Waals surface area contributed by atoms with Crippen LogP contribution in [-0.2, 0) is 15.6 Å². The van der Waals surface area contributed by atoms with E-state index in [4.69, 9.17) is 0 Å². The molecule has 1 amide bonds. The van der Waals surface area contributed by atoms with Crippen molar-refractivity contribution in [1.82, 2.24) is 5.43 Å². The summed E-state index contributed by atoms with van der Waals surface area (Å²) in [5.41, 5.74) is 4.22. The van der Waals surface area contributed by atoms with Crippen LogP contribution in [0, 0.1) is 5.92 Å². The lowest BCUT2D eigenvalue weighted by Crippen LogP contribution is -2.30.